The zero-order valence-electron chi connectivity index (χ0n) is 23.9. The van der Waals surface area contributed by atoms with Crippen molar-refractivity contribution in [1.29, 1.82) is 0 Å². The first-order valence-electron chi connectivity index (χ1n) is 13.7. The third kappa shape index (κ3) is 4.43. The third-order valence-corrected chi connectivity index (χ3v) is 7.66. The number of nitrogens with one attached hydrogen (secondary N) is 1. The van der Waals surface area contributed by atoms with Gasteiger partial charge in [0, 0.05) is 28.4 Å². The fourth-order valence-electron chi connectivity index (χ4n) is 6.02. The average Bonchev–Trinajstić information content (AvgIpc) is 3.27. The van der Waals surface area contributed by atoms with Gasteiger partial charge in [-0.1, -0.05) is 66.7 Å². The summed E-state index contributed by atoms with van der Waals surface area (Å²) in [5.41, 5.74) is 6.18. The molecule has 6 rings (SSSR count). The third-order valence-electron chi connectivity index (χ3n) is 7.66. The molecule has 7 nitrogen and oxygen atoms in total. The minimum absolute atomic E-state index is 0.575. The standard InChI is InChI=1S/C34H33N5O2/c1-33(2,3)39(32(40)41)34(4,5)24-19-17-23(18-20-24)29-28(22-12-7-6-8-13-22)37-31-25-14-9-10-15-26(25)36-30-27(38(29)31)16-11-21-35-30/h6-21H,1-5H3,(H,35,36)(H,40,41). The SMILES string of the molecule is CC(C)(C)N(C(=O)O)C(C)(C)c1ccc(-c2c(-c3ccccc3)nc3n2-c2cccnc2Nc2ccccc2-3)cc1. The molecule has 206 valence electrons. The summed E-state index contributed by atoms with van der Waals surface area (Å²) in [6.07, 6.45) is 0.836. The average molecular weight is 544 g/mol. The van der Waals surface area contributed by atoms with E-state index >= 15 is 0 Å². The number of pyridine rings is 1. The number of fused-ring (bicyclic) bond motifs is 5. The van der Waals surface area contributed by atoms with Gasteiger partial charge in [0.1, 0.15) is 5.82 Å². The highest BCUT2D eigenvalue weighted by molar-refractivity contribution is 5.90. The van der Waals surface area contributed by atoms with Crippen LogP contribution < -0.4 is 5.32 Å². The van der Waals surface area contributed by atoms with Gasteiger partial charge in [-0.15, -0.1) is 0 Å². The summed E-state index contributed by atoms with van der Waals surface area (Å²) in [4.78, 5) is 23.8. The maximum absolute atomic E-state index is 12.3. The van der Waals surface area contributed by atoms with Gasteiger partial charge < -0.3 is 10.4 Å². The lowest BCUT2D eigenvalue weighted by Crippen LogP contribution is -2.54. The molecule has 1 amide bonds. The monoisotopic (exact) mass is 543 g/mol. The normalized spacial score (nSPS) is 12.4. The van der Waals surface area contributed by atoms with Crippen LogP contribution in [0.2, 0.25) is 0 Å². The topological polar surface area (TPSA) is 83.3 Å². The Kier molecular flexibility index (Phi) is 6.18. The zero-order chi connectivity index (χ0) is 28.9. The molecule has 3 aromatic carbocycles. The summed E-state index contributed by atoms with van der Waals surface area (Å²) in [5.74, 6) is 1.57. The van der Waals surface area contributed by atoms with E-state index in [9.17, 15) is 9.90 Å². The molecule has 1 aliphatic heterocycles. The highest BCUT2D eigenvalue weighted by Gasteiger charge is 2.40. The fourth-order valence-corrected chi connectivity index (χ4v) is 6.02. The molecule has 3 heterocycles. The van der Waals surface area contributed by atoms with E-state index in [2.05, 4.69) is 51.3 Å². The van der Waals surface area contributed by atoms with Gasteiger partial charge in [0.25, 0.3) is 0 Å². The number of amides is 1. The minimum atomic E-state index is -0.950. The highest BCUT2D eigenvalue weighted by atomic mass is 16.4. The Bertz CT molecular complexity index is 1750. The van der Waals surface area contributed by atoms with Crippen LogP contribution >= 0.6 is 0 Å². The molecule has 0 atom stereocenters. The first kappa shape index (κ1) is 26.3. The Hall–Kier alpha value is -4.91. The summed E-state index contributed by atoms with van der Waals surface area (Å²) in [7, 11) is 0. The summed E-state index contributed by atoms with van der Waals surface area (Å²) < 4.78 is 2.18. The Morgan fingerprint density at radius 1 is 0.829 bits per heavy atom. The van der Waals surface area contributed by atoms with Crippen molar-refractivity contribution in [3.8, 4) is 39.6 Å². The number of carboxylic acid groups (broad SMARTS) is 1. The largest absolute Gasteiger partial charge is 0.465 e. The molecule has 0 aliphatic carbocycles. The molecule has 0 bridgehead atoms. The van der Waals surface area contributed by atoms with E-state index in [1.807, 2.05) is 89.2 Å². The van der Waals surface area contributed by atoms with E-state index < -0.39 is 17.2 Å². The quantitative estimate of drug-likeness (QED) is 0.233. The molecule has 0 saturated carbocycles. The van der Waals surface area contributed by atoms with Gasteiger partial charge in [-0.05, 0) is 64.4 Å². The van der Waals surface area contributed by atoms with Crippen molar-refractivity contribution in [1.82, 2.24) is 19.4 Å². The number of benzene rings is 3. The molecule has 2 N–H and O–H groups in total. The number of imidazole rings is 1. The van der Waals surface area contributed by atoms with E-state index in [4.69, 9.17) is 4.98 Å². The molecule has 0 fully saturated rings. The van der Waals surface area contributed by atoms with Gasteiger partial charge in [0.2, 0.25) is 0 Å². The van der Waals surface area contributed by atoms with Crippen LogP contribution in [-0.4, -0.2) is 36.2 Å². The molecule has 0 unspecified atom stereocenters. The van der Waals surface area contributed by atoms with Crippen LogP contribution in [0.15, 0.2) is 97.2 Å². The lowest BCUT2D eigenvalue weighted by Gasteiger charge is -2.45. The van der Waals surface area contributed by atoms with Crippen LogP contribution in [0.25, 0.3) is 39.6 Å². The van der Waals surface area contributed by atoms with Gasteiger partial charge in [0.15, 0.2) is 5.82 Å². The highest BCUT2D eigenvalue weighted by Crippen LogP contribution is 2.44. The lowest BCUT2D eigenvalue weighted by atomic mass is 9.87. The van der Waals surface area contributed by atoms with Crippen molar-refractivity contribution < 1.29 is 9.90 Å². The lowest BCUT2D eigenvalue weighted by molar-refractivity contribution is 0.0314. The predicted molar refractivity (Wildman–Crippen MR) is 164 cm³/mol. The Balaban J connectivity index is 1.60. The van der Waals surface area contributed by atoms with Crippen LogP contribution in [0.5, 0.6) is 0 Å². The summed E-state index contributed by atoms with van der Waals surface area (Å²) in [6.45, 7) is 9.66. The summed E-state index contributed by atoms with van der Waals surface area (Å²) in [5, 5.41) is 13.6. The Morgan fingerprint density at radius 3 is 2.20 bits per heavy atom. The second-order valence-corrected chi connectivity index (χ2v) is 11.8. The van der Waals surface area contributed by atoms with Crippen molar-refractivity contribution in [2.45, 2.75) is 45.7 Å². The number of aromatic nitrogens is 3. The number of hydrogen-bond donors (Lipinski definition) is 2. The number of hydrogen-bond acceptors (Lipinski definition) is 4. The van der Waals surface area contributed by atoms with Crippen molar-refractivity contribution in [3.05, 3.63) is 103 Å². The van der Waals surface area contributed by atoms with Crippen LogP contribution in [0.3, 0.4) is 0 Å². The first-order valence-corrected chi connectivity index (χ1v) is 13.7. The van der Waals surface area contributed by atoms with Crippen molar-refractivity contribution in [2.75, 3.05) is 5.32 Å². The number of carbonyl (C=O) groups is 1. The van der Waals surface area contributed by atoms with Gasteiger partial charge in [0.05, 0.1) is 28.3 Å². The summed E-state index contributed by atoms with van der Waals surface area (Å²) in [6, 6.07) is 30.5. The molecule has 0 radical (unpaired) electrons. The molecule has 41 heavy (non-hydrogen) atoms. The first-order chi connectivity index (χ1) is 19.6. The van der Waals surface area contributed by atoms with Crippen LogP contribution in [0, 0.1) is 0 Å². The van der Waals surface area contributed by atoms with E-state index in [0.717, 1.165) is 56.7 Å². The molecule has 5 aromatic rings. The summed E-state index contributed by atoms with van der Waals surface area (Å²) >= 11 is 0. The molecule has 0 spiro atoms. The van der Waals surface area contributed by atoms with Gasteiger partial charge in [-0.3, -0.25) is 9.47 Å². The van der Waals surface area contributed by atoms with Crippen LogP contribution in [0.4, 0.5) is 16.3 Å². The van der Waals surface area contributed by atoms with Gasteiger partial charge >= 0.3 is 6.09 Å². The predicted octanol–water partition coefficient (Wildman–Crippen LogP) is 8.34. The van der Waals surface area contributed by atoms with E-state index in [0.29, 0.717) is 0 Å². The van der Waals surface area contributed by atoms with Crippen LogP contribution in [0.1, 0.15) is 40.2 Å². The minimum Gasteiger partial charge on any atom is -0.465 e. The molecular formula is C34H33N5O2. The van der Waals surface area contributed by atoms with Crippen molar-refractivity contribution in [3.63, 3.8) is 0 Å². The maximum atomic E-state index is 12.3. The Labute approximate surface area is 240 Å². The van der Waals surface area contributed by atoms with E-state index in [1.54, 1.807) is 6.20 Å². The molecular weight excluding hydrogens is 510 g/mol. The maximum Gasteiger partial charge on any atom is 0.408 e. The zero-order valence-corrected chi connectivity index (χ0v) is 23.9. The van der Waals surface area contributed by atoms with E-state index in [-0.39, 0.29) is 0 Å². The fraction of sp³-hybridized carbons (Fsp3) is 0.206. The van der Waals surface area contributed by atoms with Gasteiger partial charge in [-0.2, -0.15) is 0 Å². The number of rotatable bonds is 4. The Morgan fingerprint density at radius 2 is 1.51 bits per heavy atom. The number of nitrogens with zero attached hydrogens (tertiary/aromatic N) is 4. The van der Waals surface area contributed by atoms with E-state index in [1.165, 1.54) is 4.90 Å². The number of anilines is 2. The second kappa shape index (κ2) is 9.63. The van der Waals surface area contributed by atoms with Gasteiger partial charge in [-0.25, -0.2) is 14.8 Å². The van der Waals surface area contributed by atoms with Crippen LogP contribution in [-0.2, 0) is 5.54 Å². The van der Waals surface area contributed by atoms with Crippen molar-refractivity contribution in [2.24, 2.45) is 0 Å². The van der Waals surface area contributed by atoms with Crippen molar-refractivity contribution >= 4 is 17.6 Å². The smallest absolute Gasteiger partial charge is 0.408 e. The second-order valence-electron chi connectivity index (χ2n) is 11.8. The molecule has 2 aromatic heterocycles. The number of para-hydroxylation sites is 1. The molecule has 0 saturated heterocycles. The molecule has 7 heteroatoms. The molecule has 1 aliphatic rings.